The van der Waals surface area contributed by atoms with Gasteiger partial charge in [0.05, 0.1) is 32.5 Å². The molecule has 1 aliphatic carbocycles. The zero-order valence-corrected chi connectivity index (χ0v) is 22.0. The molecule has 38 heavy (non-hydrogen) atoms. The van der Waals surface area contributed by atoms with Gasteiger partial charge in [0.2, 0.25) is 0 Å². The van der Waals surface area contributed by atoms with Crippen LogP contribution in [0.1, 0.15) is 51.4 Å². The molecule has 2 aromatic rings. The topological polar surface area (TPSA) is 122 Å². The zero-order chi connectivity index (χ0) is 26.6. The maximum atomic E-state index is 12.8. The summed E-state index contributed by atoms with van der Waals surface area (Å²) >= 11 is 0. The highest BCUT2D eigenvalue weighted by Gasteiger charge is 2.28. The van der Waals surface area contributed by atoms with E-state index in [1.807, 2.05) is 0 Å². The Morgan fingerprint density at radius 2 is 1.74 bits per heavy atom. The normalized spacial score (nSPS) is 16.8. The van der Waals surface area contributed by atoms with E-state index in [1.54, 1.807) is 24.5 Å². The number of nitrogens with zero attached hydrogens (tertiary/aromatic N) is 3. The minimum absolute atomic E-state index is 0.0658. The van der Waals surface area contributed by atoms with Crippen molar-refractivity contribution in [3.05, 3.63) is 45.0 Å². The second-order valence-corrected chi connectivity index (χ2v) is 9.78. The molecule has 1 amide bonds. The summed E-state index contributed by atoms with van der Waals surface area (Å²) in [6.45, 7) is 5.31. The second kappa shape index (κ2) is 14.8. The van der Waals surface area contributed by atoms with E-state index in [2.05, 4.69) is 20.5 Å². The highest BCUT2D eigenvalue weighted by atomic mass is 16.7. The predicted octanol–water partition coefficient (Wildman–Crippen LogP) is 3.04. The quantitative estimate of drug-likeness (QED) is 0.214. The number of hydrogen-bond donors (Lipinski definition) is 2. The summed E-state index contributed by atoms with van der Waals surface area (Å²) in [4.78, 5) is 48.9. The number of amides is 1. The van der Waals surface area contributed by atoms with E-state index in [0.717, 1.165) is 71.4 Å². The number of pyridine rings is 1. The number of aromatic nitrogens is 1. The number of nitrogens with one attached hydrogen (secondary N) is 2. The summed E-state index contributed by atoms with van der Waals surface area (Å²) in [6.07, 6.45) is 10.4. The molecule has 1 aromatic heterocycles. The molecule has 2 aliphatic rings. The third kappa shape index (κ3) is 7.99. The van der Waals surface area contributed by atoms with Gasteiger partial charge < -0.3 is 20.1 Å². The van der Waals surface area contributed by atoms with Crippen LogP contribution in [0.3, 0.4) is 0 Å². The van der Waals surface area contributed by atoms with Gasteiger partial charge in [-0.25, -0.2) is 4.79 Å². The van der Waals surface area contributed by atoms with E-state index < -0.39 is 17.0 Å². The second-order valence-electron chi connectivity index (χ2n) is 9.78. The van der Waals surface area contributed by atoms with E-state index in [1.165, 1.54) is 11.5 Å². The first-order valence-corrected chi connectivity index (χ1v) is 13.8. The van der Waals surface area contributed by atoms with E-state index in [4.69, 9.17) is 14.3 Å². The van der Waals surface area contributed by atoms with Crippen LogP contribution in [-0.2, 0) is 14.3 Å². The summed E-state index contributed by atoms with van der Waals surface area (Å²) in [5.41, 5.74) is 0.268. The van der Waals surface area contributed by atoms with Crippen molar-refractivity contribution < 1.29 is 19.1 Å². The first kappa shape index (κ1) is 28.0. The lowest BCUT2D eigenvalue weighted by Crippen LogP contribution is -2.44. The Bertz CT molecular complexity index is 1060. The maximum Gasteiger partial charge on any atom is 0.434 e. The molecule has 0 radical (unpaired) electrons. The molecule has 208 valence electrons. The number of morpholine rings is 1. The Hall–Kier alpha value is -3.02. The third-order valence-electron chi connectivity index (χ3n) is 7.04. The highest BCUT2D eigenvalue weighted by Crippen LogP contribution is 2.24. The summed E-state index contributed by atoms with van der Waals surface area (Å²) < 4.78 is 10.9. The van der Waals surface area contributed by atoms with Gasteiger partial charge in [0.1, 0.15) is 11.4 Å². The van der Waals surface area contributed by atoms with Crippen LogP contribution in [0.4, 0.5) is 21.9 Å². The van der Waals surface area contributed by atoms with Crippen LogP contribution in [0.25, 0.3) is 0 Å². The van der Waals surface area contributed by atoms with E-state index in [9.17, 15) is 14.4 Å². The lowest BCUT2D eigenvalue weighted by atomic mass is 9.95. The molecule has 2 heterocycles. The van der Waals surface area contributed by atoms with Crippen LogP contribution in [0, 0.1) is 0 Å². The Morgan fingerprint density at radius 3 is 2.50 bits per heavy atom. The van der Waals surface area contributed by atoms with Crippen LogP contribution in [-0.4, -0.2) is 79.7 Å². The molecule has 0 unspecified atom stereocenters. The summed E-state index contributed by atoms with van der Waals surface area (Å²) in [5, 5.41) is 7.52. The van der Waals surface area contributed by atoms with Gasteiger partial charge in [-0.1, -0.05) is 19.3 Å². The van der Waals surface area contributed by atoms with Gasteiger partial charge in [0, 0.05) is 44.3 Å². The van der Waals surface area contributed by atoms with Gasteiger partial charge in [0.25, 0.3) is 10.9 Å². The van der Waals surface area contributed by atoms with Crippen molar-refractivity contribution in [3.8, 4) is 0 Å². The number of hydroxylamine groups is 2. The van der Waals surface area contributed by atoms with Gasteiger partial charge >= 0.3 is 6.09 Å². The Labute approximate surface area is 223 Å². The molecule has 0 bridgehead atoms. The standard InChI is InChI=1S/C27H39N5O6/c33-25-23(24(26(25)34)30-21-9-12-28-13-10-21)29-11-5-2-6-17-37-27(35)32(22-7-3-1-4-8-22)38-20-16-31-14-18-36-19-15-31/h9-10,12-13,22,29H,1-8,11,14-20H2,(H,28,30). The highest BCUT2D eigenvalue weighted by molar-refractivity contribution is 5.78. The minimum Gasteiger partial charge on any atom is -0.448 e. The zero-order valence-electron chi connectivity index (χ0n) is 22.0. The van der Waals surface area contributed by atoms with Crippen molar-refractivity contribution in [1.29, 1.82) is 0 Å². The number of unbranched alkanes of at least 4 members (excludes halogenated alkanes) is 2. The molecule has 11 heteroatoms. The van der Waals surface area contributed by atoms with E-state index in [0.29, 0.717) is 37.6 Å². The van der Waals surface area contributed by atoms with Gasteiger partial charge in [-0.2, -0.15) is 5.06 Å². The van der Waals surface area contributed by atoms with Crippen molar-refractivity contribution in [2.24, 2.45) is 0 Å². The molecular formula is C27H39N5O6. The fourth-order valence-electron chi connectivity index (χ4n) is 4.82. The average molecular weight is 530 g/mol. The lowest BCUT2D eigenvalue weighted by Gasteiger charge is -2.33. The van der Waals surface area contributed by atoms with Crippen LogP contribution >= 0.6 is 0 Å². The first-order valence-electron chi connectivity index (χ1n) is 13.8. The van der Waals surface area contributed by atoms with Crippen LogP contribution in [0.2, 0.25) is 0 Å². The van der Waals surface area contributed by atoms with Gasteiger partial charge in [-0.05, 0) is 44.2 Å². The number of carbonyl (C=O) groups excluding carboxylic acids is 1. The molecule has 4 rings (SSSR count). The minimum atomic E-state index is -0.522. The van der Waals surface area contributed by atoms with Crippen molar-refractivity contribution in [3.63, 3.8) is 0 Å². The Morgan fingerprint density at radius 1 is 1.00 bits per heavy atom. The Balaban J connectivity index is 1.14. The van der Waals surface area contributed by atoms with Crippen molar-refractivity contribution >= 4 is 23.2 Å². The number of anilines is 3. The molecule has 1 aliphatic heterocycles. The molecule has 1 saturated carbocycles. The van der Waals surface area contributed by atoms with Crippen molar-refractivity contribution in [1.82, 2.24) is 14.9 Å². The smallest absolute Gasteiger partial charge is 0.434 e. The summed E-state index contributed by atoms with van der Waals surface area (Å²) in [6, 6.07) is 3.52. The van der Waals surface area contributed by atoms with E-state index in [-0.39, 0.29) is 11.7 Å². The molecular weight excluding hydrogens is 490 g/mol. The van der Waals surface area contributed by atoms with Crippen LogP contribution in [0.15, 0.2) is 34.1 Å². The molecule has 11 nitrogen and oxygen atoms in total. The molecule has 2 N–H and O–H groups in total. The van der Waals surface area contributed by atoms with Crippen molar-refractivity contribution in [2.45, 2.75) is 57.4 Å². The number of rotatable bonds is 14. The average Bonchev–Trinajstić information content (AvgIpc) is 2.97. The van der Waals surface area contributed by atoms with Gasteiger partial charge in [-0.15, -0.1) is 0 Å². The third-order valence-corrected chi connectivity index (χ3v) is 7.04. The largest absolute Gasteiger partial charge is 0.448 e. The number of carbonyl (C=O) groups is 1. The number of ether oxygens (including phenoxy) is 2. The Kier molecular flexibility index (Phi) is 10.9. The molecule has 0 spiro atoms. The predicted molar refractivity (Wildman–Crippen MR) is 144 cm³/mol. The van der Waals surface area contributed by atoms with Crippen LogP contribution < -0.4 is 21.5 Å². The fourth-order valence-corrected chi connectivity index (χ4v) is 4.82. The fraction of sp³-hybridized carbons (Fsp3) is 0.630. The van der Waals surface area contributed by atoms with E-state index >= 15 is 0 Å². The SMILES string of the molecule is O=C(OCCCCCNc1c(Nc2ccncc2)c(=O)c1=O)N(OCCN1CCOCC1)C1CCCCC1. The lowest BCUT2D eigenvalue weighted by molar-refractivity contribution is -0.171. The van der Waals surface area contributed by atoms with Gasteiger partial charge in [0.15, 0.2) is 0 Å². The maximum absolute atomic E-state index is 12.8. The number of hydrogen-bond acceptors (Lipinski definition) is 10. The summed E-state index contributed by atoms with van der Waals surface area (Å²) in [7, 11) is 0. The molecule has 1 saturated heterocycles. The monoisotopic (exact) mass is 529 g/mol. The van der Waals surface area contributed by atoms with Crippen molar-refractivity contribution in [2.75, 3.05) is 63.2 Å². The van der Waals surface area contributed by atoms with Crippen LogP contribution in [0.5, 0.6) is 0 Å². The first-order chi connectivity index (χ1) is 18.6. The molecule has 0 atom stereocenters. The van der Waals surface area contributed by atoms with Gasteiger partial charge in [-0.3, -0.25) is 24.3 Å². The molecule has 2 fully saturated rings. The summed E-state index contributed by atoms with van der Waals surface area (Å²) in [5.74, 6) is 0. The molecule has 1 aromatic carbocycles.